The third kappa shape index (κ3) is 6.65. The van der Waals surface area contributed by atoms with Crippen molar-refractivity contribution in [1.82, 2.24) is 5.43 Å². The van der Waals surface area contributed by atoms with Crippen LogP contribution in [0.4, 0.5) is 10.5 Å². The van der Waals surface area contributed by atoms with Crippen LogP contribution in [0.5, 0.6) is 23.0 Å². The number of carbonyl (C=O) groups is 1. The van der Waals surface area contributed by atoms with Crippen molar-refractivity contribution in [3.05, 3.63) is 77.4 Å². The second-order valence-electron chi connectivity index (χ2n) is 6.69. The number of hydrogen-bond acceptors (Lipinski definition) is 5. The Morgan fingerprint density at radius 3 is 2.19 bits per heavy atom. The molecule has 3 aromatic rings. The molecule has 2 amide bonds. The number of hydrazine groups is 1. The Bertz CT molecular complexity index is 1020. The smallest absolute Gasteiger partial charge is 0.333 e. The van der Waals surface area contributed by atoms with Crippen LogP contribution in [0.25, 0.3) is 0 Å². The molecule has 0 saturated heterocycles. The van der Waals surface area contributed by atoms with Crippen molar-refractivity contribution in [2.45, 2.75) is 34.3 Å². The molecule has 32 heavy (non-hydrogen) atoms. The van der Waals surface area contributed by atoms with Crippen molar-refractivity contribution in [1.29, 1.82) is 0 Å². The molecule has 0 saturated carbocycles. The Hall–Kier alpha value is -3.71. The molecule has 0 aliphatic carbocycles. The van der Waals surface area contributed by atoms with Crippen molar-refractivity contribution in [3.8, 4) is 23.0 Å². The lowest BCUT2D eigenvalue weighted by atomic mass is 10.1. The summed E-state index contributed by atoms with van der Waals surface area (Å²) in [6.07, 6.45) is 0. The first-order valence-electron chi connectivity index (χ1n) is 10.4. The topological polar surface area (TPSA) is 94.8 Å². The van der Waals surface area contributed by atoms with Gasteiger partial charge in [0, 0.05) is 11.3 Å². The highest BCUT2D eigenvalue weighted by molar-refractivity contribution is 5.89. The molecule has 3 aromatic carbocycles. The first kappa shape index (κ1) is 24.6. The van der Waals surface area contributed by atoms with E-state index in [0.29, 0.717) is 18.0 Å². The Kier molecular flexibility index (Phi) is 9.38. The maximum Gasteiger partial charge on any atom is 0.333 e. The Morgan fingerprint density at radius 1 is 0.906 bits per heavy atom. The summed E-state index contributed by atoms with van der Waals surface area (Å²) in [4.78, 5) is 11.6. The first-order chi connectivity index (χ1) is 15.5. The Morgan fingerprint density at radius 2 is 1.56 bits per heavy atom. The van der Waals surface area contributed by atoms with Crippen LogP contribution in [0.3, 0.4) is 0 Å². The van der Waals surface area contributed by atoms with Gasteiger partial charge in [0.25, 0.3) is 0 Å². The average Bonchev–Trinajstić information content (AvgIpc) is 2.81. The molecule has 3 rings (SSSR count). The van der Waals surface area contributed by atoms with Crippen molar-refractivity contribution in [3.63, 3.8) is 0 Å². The SMILES string of the molecule is CC.COc1ccc(Oc2ccc(OCc3c(C)cccc3NC(=O)NN)c(C)c2)cc1. The van der Waals surface area contributed by atoms with Gasteiger partial charge in [0.1, 0.15) is 29.6 Å². The van der Waals surface area contributed by atoms with Gasteiger partial charge in [-0.15, -0.1) is 0 Å². The van der Waals surface area contributed by atoms with Crippen molar-refractivity contribution < 1.29 is 19.0 Å². The summed E-state index contributed by atoms with van der Waals surface area (Å²) in [7, 11) is 1.63. The van der Waals surface area contributed by atoms with E-state index in [4.69, 9.17) is 20.1 Å². The van der Waals surface area contributed by atoms with Crippen molar-refractivity contribution >= 4 is 11.7 Å². The quantitative estimate of drug-likeness (QED) is 0.250. The van der Waals surface area contributed by atoms with E-state index < -0.39 is 6.03 Å². The minimum atomic E-state index is -0.488. The number of aryl methyl sites for hydroxylation is 2. The zero-order valence-corrected chi connectivity index (χ0v) is 19.2. The fourth-order valence-electron chi connectivity index (χ4n) is 2.95. The van der Waals surface area contributed by atoms with Crippen molar-refractivity contribution in [2.24, 2.45) is 5.84 Å². The number of nitrogens with one attached hydrogen (secondary N) is 2. The number of amides is 2. The molecule has 0 aliphatic heterocycles. The highest BCUT2D eigenvalue weighted by Gasteiger charge is 2.11. The van der Waals surface area contributed by atoms with Crippen LogP contribution in [0.15, 0.2) is 60.7 Å². The standard InChI is InChI=1S/C23H25N3O4.C2H6/c1-15-5-4-6-21(25-23(27)26-24)20(15)14-29-22-12-11-19(13-16(22)2)30-18-9-7-17(28-3)8-10-18;1-2/h4-13H,14,24H2,1-3H3,(H2,25,26,27);1-2H3. The fraction of sp³-hybridized carbons (Fsp3) is 0.240. The molecule has 0 aromatic heterocycles. The summed E-state index contributed by atoms with van der Waals surface area (Å²) in [6, 6.07) is 18.2. The molecule has 4 N–H and O–H groups in total. The highest BCUT2D eigenvalue weighted by atomic mass is 16.5. The second-order valence-corrected chi connectivity index (χ2v) is 6.69. The lowest BCUT2D eigenvalue weighted by Gasteiger charge is -2.16. The van der Waals surface area contributed by atoms with Gasteiger partial charge < -0.3 is 19.5 Å². The maximum absolute atomic E-state index is 11.6. The lowest BCUT2D eigenvalue weighted by molar-refractivity contribution is 0.252. The van der Waals surface area contributed by atoms with Gasteiger partial charge in [-0.2, -0.15) is 0 Å². The zero-order chi connectivity index (χ0) is 23.5. The van der Waals surface area contributed by atoms with E-state index in [1.165, 1.54) is 0 Å². The number of methoxy groups -OCH3 is 1. The number of carbonyl (C=O) groups excluding carboxylic acids is 1. The summed E-state index contributed by atoms with van der Waals surface area (Å²) < 4.78 is 17.1. The van der Waals surface area contributed by atoms with Crippen LogP contribution >= 0.6 is 0 Å². The van der Waals surface area contributed by atoms with Gasteiger partial charge in [0.15, 0.2) is 0 Å². The summed E-state index contributed by atoms with van der Waals surface area (Å²) in [6.45, 7) is 8.21. The Balaban J connectivity index is 0.00000176. The minimum Gasteiger partial charge on any atom is -0.497 e. The van der Waals surface area contributed by atoms with Crippen LogP contribution in [-0.2, 0) is 6.61 Å². The van der Waals surface area contributed by atoms with E-state index in [-0.39, 0.29) is 0 Å². The van der Waals surface area contributed by atoms with Gasteiger partial charge in [-0.25, -0.2) is 10.6 Å². The second kappa shape index (κ2) is 12.2. The van der Waals surface area contributed by atoms with Crippen LogP contribution in [0.2, 0.25) is 0 Å². The average molecular weight is 438 g/mol. The summed E-state index contributed by atoms with van der Waals surface area (Å²) in [5.41, 5.74) is 5.52. The number of ether oxygens (including phenoxy) is 3. The molecule has 0 fully saturated rings. The van der Waals surface area contributed by atoms with Gasteiger partial charge in [0.05, 0.1) is 7.11 Å². The molecule has 0 radical (unpaired) electrons. The monoisotopic (exact) mass is 437 g/mol. The summed E-state index contributed by atoms with van der Waals surface area (Å²) >= 11 is 0. The predicted molar refractivity (Wildman–Crippen MR) is 127 cm³/mol. The zero-order valence-electron chi connectivity index (χ0n) is 19.2. The molecule has 0 unspecified atom stereocenters. The van der Waals surface area contributed by atoms with Crippen LogP contribution < -0.4 is 30.8 Å². The number of benzene rings is 3. The van der Waals surface area contributed by atoms with E-state index in [0.717, 1.165) is 33.9 Å². The highest BCUT2D eigenvalue weighted by Crippen LogP contribution is 2.29. The fourth-order valence-corrected chi connectivity index (χ4v) is 2.95. The number of rotatable bonds is 7. The molecule has 0 spiro atoms. The molecule has 0 aliphatic rings. The minimum absolute atomic E-state index is 0.298. The molecule has 7 heteroatoms. The number of anilines is 1. The van der Waals surface area contributed by atoms with E-state index >= 15 is 0 Å². The number of hydrogen-bond donors (Lipinski definition) is 3. The molecule has 170 valence electrons. The molecule has 0 atom stereocenters. The maximum atomic E-state index is 11.6. The largest absolute Gasteiger partial charge is 0.497 e. The summed E-state index contributed by atoms with van der Waals surface area (Å²) in [5, 5.41) is 2.71. The first-order valence-corrected chi connectivity index (χ1v) is 10.4. The van der Waals surface area contributed by atoms with E-state index in [2.05, 4.69) is 10.7 Å². The predicted octanol–water partition coefficient (Wildman–Crippen LogP) is 5.70. The number of nitrogens with two attached hydrogens (primary N) is 1. The number of urea groups is 1. The molecule has 0 heterocycles. The van der Waals surface area contributed by atoms with Gasteiger partial charge in [-0.05, 0) is 73.5 Å². The van der Waals surface area contributed by atoms with E-state index in [9.17, 15) is 4.79 Å². The van der Waals surface area contributed by atoms with E-state index in [1.54, 1.807) is 13.2 Å². The van der Waals surface area contributed by atoms with Gasteiger partial charge >= 0.3 is 6.03 Å². The van der Waals surface area contributed by atoms with Crippen LogP contribution in [-0.4, -0.2) is 13.1 Å². The third-order valence-electron chi connectivity index (χ3n) is 4.60. The normalized spacial score (nSPS) is 9.81. The lowest BCUT2D eigenvalue weighted by Crippen LogP contribution is -2.34. The van der Waals surface area contributed by atoms with Gasteiger partial charge in [-0.1, -0.05) is 26.0 Å². The Labute approximate surface area is 189 Å². The molecule has 0 bridgehead atoms. The van der Waals surface area contributed by atoms with Crippen LogP contribution in [0, 0.1) is 13.8 Å². The van der Waals surface area contributed by atoms with Gasteiger partial charge in [0.2, 0.25) is 0 Å². The molecular formula is C25H31N3O4. The third-order valence-corrected chi connectivity index (χ3v) is 4.60. The van der Waals surface area contributed by atoms with Gasteiger partial charge in [-0.3, -0.25) is 5.43 Å². The van der Waals surface area contributed by atoms with E-state index in [1.807, 2.05) is 82.3 Å². The molecular weight excluding hydrogens is 406 g/mol. The van der Waals surface area contributed by atoms with Crippen LogP contribution in [0.1, 0.15) is 30.5 Å². The molecule has 7 nitrogen and oxygen atoms in total. The summed E-state index contributed by atoms with van der Waals surface area (Å²) in [5.74, 6) is 8.10. The van der Waals surface area contributed by atoms with Crippen molar-refractivity contribution in [2.75, 3.05) is 12.4 Å².